The Morgan fingerprint density at radius 1 is 0.929 bits per heavy atom. The van der Waals surface area contributed by atoms with E-state index in [1.165, 1.54) is 0 Å². The molecule has 0 aliphatic carbocycles. The Kier molecular flexibility index (Phi) is 6.57. The SMILES string of the molecule is O=C(CNc1ccc(C(=O)NCc2ccco2)cc1)Nc1cc(Cl)cc(Cl)c1. The van der Waals surface area contributed by atoms with Crippen LogP contribution in [0, 0.1) is 0 Å². The van der Waals surface area contributed by atoms with Gasteiger partial charge in [-0.3, -0.25) is 9.59 Å². The van der Waals surface area contributed by atoms with Crippen LogP contribution in [-0.2, 0) is 11.3 Å². The van der Waals surface area contributed by atoms with E-state index in [1.807, 2.05) is 0 Å². The van der Waals surface area contributed by atoms with Gasteiger partial charge in [0.15, 0.2) is 0 Å². The van der Waals surface area contributed by atoms with E-state index in [2.05, 4.69) is 16.0 Å². The van der Waals surface area contributed by atoms with Crippen molar-refractivity contribution in [2.45, 2.75) is 6.54 Å². The molecule has 0 spiro atoms. The highest BCUT2D eigenvalue weighted by Crippen LogP contribution is 2.22. The molecule has 2 amide bonds. The van der Waals surface area contributed by atoms with Crippen LogP contribution in [0.4, 0.5) is 11.4 Å². The first-order valence-corrected chi connectivity index (χ1v) is 9.15. The maximum absolute atomic E-state index is 12.1. The zero-order chi connectivity index (χ0) is 19.9. The van der Waals surface area contributed by atoms with Crippen molar-refractivity contribution in [3.63, 3.8) is 0 Å². The molecule has 3 N–H and O–H groups in total. The van der Waals surface area contributed by atoms with Gasteiger partial charge in [0.1, 0.15) is 5.76 Å². The van der Waals surface area contributed by atoms with Crippen LogP contribution in [0.1, 0.15) is 16.1 Å². The Labute approximate surface area is 171 Å². The third-order valence-corrected chi connectivity index (χ3v) is 4.19. The minimum atomic E-state index is -0.251. The summed E-state index contributed by atoms with van der Waals surface area (Å²) in [5, 5.41) is 9.35. The molecule has 0 fully saturated rings. The number of halogens is 2. The topological polar surface area (TPSA) is 83.4 Å². The third kappa shape index (κ3) is 5.77. The Bertz CT molecular complexity index is 937. The van der Waals surface area contributed by atoms with Gasteiger partial charge in [0.2, 0.25) is 5.91 Å². The number of anilines is 2. The van der Waals surface area contributed by atoms with Crippen molar-refractivity contribution < 1.29 is 14.0 Å². The number of hydrogen-bond acceptors (Lipinski definition) is 4. The van der Waals surface area contributed by atoms with Crippen molar-refractivity contribution >= 4 is 46.4 Å². The minimum absolute atomic E-state index is 0.0498. The maximum atomic E-state index is 12.1. The number of nitrogens with one attached hydrogen (secondary N) is 3. The zero-order valence-corrected chi connectivity index (χ0v) is 16.2. The molecule has 0 saturated heterocycles. The van der Waals surface area contributed by atoms with Crippen molar-refractivity contribution in [2.75, 3.05) is 17.2 Å². The monoisotopic (exact) mass is 417 g/mol. The highest BCUT2D eigenvalue weighted by molar-refractivity contribution is 6.35. The summed E-state index contributed by atoms with van der Waals surface area (Å²) in [6.07, 6.45) is 1.55. The van der Waals surface area contributed by atoms with Gasteiger partial charge < -0.3 is 20.4 Å². The van der Waals surface area contributed by atoms with E-state index in [0.717, 1.165) is 0 Å². The summed E-state index contributed by atoms with van der Waals surface area (Å²) < 4.78 is 5.17. The van der Waals surface area contributed by atoms with Gasteiger partial charge >= 0.3 is 0 Å². The van der Waals surface area contributed by atoms with E-state index in [9.17, 15) is 9.59 Å². The molecule has 0 atom stereocenters. The lowest BCUT2D eigenvalue weighted by Gasteiger charge is -2.09. The number of rotatable bonds is 7. The first kappa shape index (κ1) is 19.8. The van der Waals surface area contributed by atoms with Crippen LogP contribution >= 0.6 is 23.2 Å². The van der Waals surface area contributed by atoms with Crippen molar-refractivity contribution in [3.8, 4) is 0 Å². The fraction of sp³-hybridized carbons (Fsp3) is 0.100. The Morgan fingerprint density at radius 2 is 1.64 bits per heavy atom. The molecule has 144 valence electrons. The molecule has 0 unspecified atom stereocenters. The Morgan fingerprint density at radius 3 is 2.29 bits per heavy atom. The molecule has 28 heavy (non-hydrogen) atoms. The lowest BCUT2D eigenvalue weighted by atomic mass is 10.2. The summed E-state index contributed by atoms with van der Waals surface area (Å²) in [6, 6.07) is 15.2. The molecule has 3 aromatic rings. The smallest absolute Gasteiger partial charge is 0.251 e. The van der Waals surface area contributed by atoms with Crippen molar-refractivity contribution in [2.24, 2.45) is 0 Å². The van der Waals surface area contributed by atoms with Crippen LogP contribution < -0.4 is 16.0 Å². The molecule has 6 nitrogen and oxygen atoms in total. The molecule has 3 rings (SSSR count). The second-order valence-corrected chi connectivity index (χ2v) is 6.77. The molecule has 0 aliphatic rings. The lowest BCUT2D eigenvalue weighted by molar-refractivity contribution is -0.114. The van der Waals surface area contributed by atoms with E-state index in [4.69, 9.17) is 27.6 Å². The highest BCUT2D eigenvalue weighted by atomic mass is 35.5. The van der Waals surface area contributed by atoms with Gasteiger partial charge in [0.05, 0.1) is 19.4 Å². The second-order valence-electron chi connectivity index (χ2n) is 5.90. The van der Waals surface area contributed by atoms with Gasteiger partial charge in [-0.2, -0.15) is 0 Å². The molecular weight excluding hydrogens is 401 g/mol. The largest absolute Gasteiger partial charge is 0.467 e. The van der Waals surface area contributed by atoms with Crippen LogP contribution in [0.2, 0.25) is 10.0 Å². The van der Waals surface area contributed by atoms with Crippen molar-refractivity contribution in [1.82, 2.24) is 5.32 Å². The van der Waals surface area contributed by atoms with E-state index < -0.39 is 0 Å². The number of furan rings is 1. The zero-order valence-electron chi connectivity index (χ0n) is 14.7. The summed E-state index contributed by atoms with van der Waals surface area (Å²) in [4.78, 5) is 24.2. The number of amides is 2. The van der Waals surface area contributed by atoms with Gasteiger partial charge in [-0.1, -0.05) is 23.2 Å². The molecule has 0 aliphatic heterocycles. The van der Waals surface area contributed by atoms with E-state index in [1.54, 1.807) is 60.9 Å². The van der Waals surface area contributed by atoms with Crippen LogP contribution in [0.3, 0.4) is 0 Å². The molecule has 1 heterocycles. The predicted molar refractivity (Wildman–Crippen MR) is 110 cm³/mol. The first-order valence-electron chi connectivity index (χ1n) is 8.40. The van der Waals surface area contributed by atoms with Gasteiger partial charge in [0, 0.05) is 27.0 Å². The predicted octanol–water partition coefficient (Wildman–Crippen LogP) is 4.57. The Hall–Kier alpha value is -2.96. The molecular formula is C20H17Cl2N3O3. The molecule has 8 heteroatoms. The second kappa shape index (κ2) is 9.30. The molecule has 0 radical (unpaired) electrons. The molecule has 0 saturated carbocycles. The maximum Gasteiger partial charge on any atom is 0.251 e. The van der Waals surface area contributed by atoms with Crippen LogP contribution in [0.5, 0.6) is 0 Å². The summed E-state index contributed by atoms with van der Waals surface area (Å²) in [5.41, 5.74) is 1.74. The minimum Gasteiger partial charge on any atom is -0.467 e. The molecule has 1 aromatic heterocycles. The van der Waals surface area contributed by atoms with Crippen molar-refractivity contribution in [3.05, 3.63) is 82.2 Å². The fourth-order valence-electron chi connectivity index (χ4n) is 2.44. The Balaban J connectivity index is 1.48. The summed E-state index contributed by atoms with van der Waals surface area (Å²) in [5.74, 6) is 0.218. The number of carbonyl (C=O) groups is 2. The van der Waals surface area contributed by atoms with Gasteiger partial charge in [-0.25, -0.2) is 0 Å². The quantitative estimate of drug-likeness (QED) is 0.525. The van der Waals surface area contributed by atoms with E-state index in [-0.39, 0.29) is 18.4 Å². The van der Waals surface area contributed by atoms with Crippen molar-refractivity contribution in [1.29, 1.82) is 0 Å². The van der Waals surface area contributed by atoms with E-state index >= 15 is 0 Å². The van der Waals surface area contributed by atoms with Crippen LogP contribution in [0.15, 0.2) is 65.3 Å². The number of benzene rings is 2. The van der Waals surface area contributed by atoms with Crippen LogP contribution in [0.25, 0.3) is 0 Å². The van der Waals surface area contributed by atoms with E-state index in [0.29, 0.717) is 39.3 Å². The first-order chi connectivity index (χ1) is 13.5. The average molecular weight is 418 g/mol. The standard InChI is InChI=1S/C20H17Cl2N3O3/c21-14-8-15(22)10-17(9-14)25-19(26)12-23-16-5-3-13(4-6-16)20(27)24-11-18-2-1-7-28-18/h1-10,23H,11-12H2,(H,24,27)(H,25,26). The number of carbonyl (C=O) groups excluding carboxylic acids is 2. The highest BCUT2D eigenvalue weighted by Gasteiger charge is 2.07. The molecule has 0 bridgehead atoms. The average Bonchev–Trinajstić information content (AvgIpc) is 3.17. The lowest BCUT2D eigenvalue weighted by Crippen LogP contribution is -2.23. The van der Waals surface area contributed by atoms with Gasteiger partial charge in [-0.15, -0.1) is 0 Å². The molecule has 2 aromatic carbocycles. The normalized spacial score (nSPS) is 10.4. The van der Waals surface area contributed by atoms with Crippen LogP contribution in [-0.4, -0.2) is 18.4 Å². The summed E-state index contributed by atoms with van der Waals surface area (Å²) in [7, 11) is 0. The summed E-state index contributed by atoms with van der Waals surface area (Å²) in [6.45, 7) is 0.369. The summed E-state index contributed by atoms with van der Waals surface area (Å²) >= 11 is 11.8. The van der Waals surface area contributed by atoms with Gasteiger partial charge in [0.25, 0.3) is 5.91 Å². The third-order valence-electron chi connectivity index (χ3n) is 3.75. The van der Waals surface area contributed by atoms with Gasteiger partial charge in [-0.05, 0) is 54.6 Å². The fourth-order valence-corrected chi connectivity index (χ4v) is 2.96. The number of hydrogen-bond donors (Lipinski definition) is 3.